The van der Waals surface area contributed by atoms with Gasteiger partial charge in [0.25, 0.3) is 5.91 Å². The van der Waals surface area contributed by atoms with Crippen molar-refractivity contribution in [2.24, 2.45) is 0 Å². The van der Waals surface area contributed by atoms with Crippen LogP contribution in [0.1, 0.15) is 21.0 Å². The molecule has 8 heteroatoms. The average molecular weight is 268 g/mol. The number of halogens is 1. The first-order valence-corrected chi connectivity index (χ1v) is 5.07. The van der Waals surface area contributed by atoms with Crippen LogP contribution in [0.15, 0.2) is 28.9 Å². The molecule has 0 saturated heterocycles. The van der Waals surface area contributed by atoms with E-state index in [1.165, 1.54) is 6.20 Å². The fourth-order valence-corrected chi connectivity index (χ4v) is 1.30. The van der Waals surface area contributed by atoms with Crippen LogP contribution in [0, 0.1) is 0 Å². The molecular weight excluding hydrogens is 262 g/mol. The van der Waals surface area contributed by atoms with E-state index in [-0.39, 0.29) is 16.5 Å². The summed E-state index contributed by atoms with van der Waals surface area (Å²) in [7, 11) is 0. The largest absolute Gasteiger partial charge is 0.475 e. The van der Waals surface area contributed by atoms with Crippen molar-refractivity contribution in [3.05, 3.63) is 40.9 Å². The summed E-state index contributed by atoms with van der Waals surface area (Å²) in [6, 6.07) is 4.17. The second-order valence-corrected chi connectivity index (χ2v) is 3.58. The zero-order chi connectivity index (χ0) is 13.1. The lowest BCUT2D eigenvalue weighted by Gasteiger charge is -2.02. The minimum absolute atomic E-state index is 0.157. The van der Waals surface area contributed by atoms with Gasteiger partial charge in [-0.2, -0.15) is 0 Å². The molecule has 2 aromatic rings. The van der Waals surface area contributed by atoms with Crippen LogP contribution in [0.4, 0.5) is 5.82 Å². The number of hydrogen-bond donors (Lipinski definition) is 2. The fraction of sp³-hybridized carbons (Fsp3) is 0. The number of hydrogen-bond acceptors (Lipinski definition) is 5. The first-order valence-electron chi connectivity index (χ1n) is 4.70. The molecule has 0 atom stereocenters. The zero-order valence-electron chi connectivity index (χ0n) is 8.75. The van der Waals surface area contributed by atoms with E-state index >= 15 is 0 Å². The van der Waals surface area contributed by atoms with Crippen molar-refractivity contribution in [1.82, 2.24) is 10.1 Å². The van der Waals surface area contributed by atoms with Gasteiger partial charge in [0.1, 0.15) is 0 Å². The van der Waals surface area contributed by atoms with Gasteiger partial charge in [0.2, 0.25) is 5.76 Å². The normalized spacial score (nSPS) is 10.1. The Morgan fingerprint density at radius 2 is 2.22 bits per heavy atom. The smallest absolute Gasteiger partial charge is 0.374 e. The molecule has 0 unspecified atom stereocenters. The number of carbonyl (C=O) groups is 2. The number of nitrogens with zero attached hydrogens (tertiary/aromatic N) is 2. The van der Waals surface area contributed by atoms with Gasteiger partial charge in [-0.05, 0) is 12.1 Å². The molecule has 0 aliphatic rings. The lowest BCUT2D eigenvalue weighted by atomic mass is 10.3. The molecule has 0 saturated carbocycles. The number of amides is 1. The molecule has 0 radical (unpaired) electrons. The fourth-order valence-electron chi connectivity index (χ4n) is 1.13. The van der Waals surface area contributed by atoms with Crippen molar-refractivity contribution in [1.29, 1.82) is 0 Å². The Labute approximate surface area is 105 Å². The molecule has 0 aromatic carbocycles. The standard InChI is InChI=1S/C10H6ClN3O4/c11-5-2-1-3-12-8(5)13-9(15)6-4-7(10(16)17)18-14-6/h1-4H,(H,16,17)(H,12,13,15). The van der Waals surface area contributed by atoms with Gasteiger partial charge >= 0.3 is 5.97 Å². The van der Waals surface area contributed by atoms with E-state index in [2.05, 4.69) is 20.0 Å². The summed E-state index contributed by atoms with van der Waals surface area (Å²) in [5, 5.41) is 14.6. The maximum Gasteiger partial charge on any atom is 0.374 e. The Bertz CT molecular complexity index is 611. The van der Waals surface area contributed by atoms with Crippen LogP contribution >= 0.6 is 11.6 Å². The molecule has 0 aliphatic heterocycles. The van der Waals surface area contributed by atoms with E-state index in [1.54, 1.807) is 12.1 Å². The number of anilines is 1. The number of carboxylic acids is 1. The van der Waals surface area contributed by atoms with Gasteiger partial charge < -0.3 is 14.9 Å². The van der Waals surface area contributed by atoms with Crippen molar-refractivity contribution in [3.63, 3.8) is 0 Å². The van der Waals surface area contributed by atoms with E-state index in [0.717, 1.165) is 6.07 Å². The third-order valence-electron chi connectivity index (χ3n) is 1.94. The van der Waals surface area contributed by atoms with Crippen molar-refractivity contribution < 1.29 is 19.2 Å². The summed E-state index contributed by atoms with van der Waals surface area (Å²) in [6.07, 6.45) is 1.45. The highest BCUT2D eigenvalue weighted by Crippen LogP contribution is 2.18. The molecule has 0 fully saturated rings. The number of nitrogens with one attached hydrogen (secondary N) is 1. The van der Waals surface area contributed by atoms with Gasteiger partial charge in [0.05, 0.1) is 5.02 Å². The third-order valence-corrected chi connectivity index (χ3v) is 2.25. The van der Waals surface area contributed by atoms with Crippen LogP contribution in [0.2, 0.25) is 5.02 Å². The van der Waals surface area contributed by atoms with Crippen molar-refractivity contribution >= 4 is 29.3 Å². The summed E-state index contributed by atoms with van der Waals surface area (Å²) in [5.41, 5.74) is -0.172. The molecule has 1 amide bonds. The highest BCUT2D eigenvalue weighted by Gasteiger charge is 2.17. The summed E-state index contributed by atoms with van der Waals surface area (Å²) in [4.78, 5) is 26.1. The molecule has 2 N–H and O–H groups in total. The van der Waals surface area contributed by atoms with E-state index < -0.39 is 17.6 Å². The van der Waals surface area contributed by atoms with Crippen LogP contribution in [0.3, 0.4) is 0 Å². The highest BCUT2D eigenvalue weighted by atomic mass is 35.5. The SMILES string of the molecule is O=C(Nc1ncccc1Cl)c1cc(C(=O)O)on1. The molecular formula is C10H6ClN3O4. The monoisotopic (exact) mass is 267 g/mol. The maximum atomic E-state index is 11.7. The molecule has 2 rings (SSSR count). The Morgan fingerprint density at radius 3 is 2.83 bits per heavy atom. The minimum Gasteiger partial charge on any atom is -0.475 e. The number of pyridine rings is 1. The van der Waals surface area contributed by atoms with E-state index in [1.807, 2.05) is 0 Å². The van der Waals surface area contributed by atoms with E-state index in [4.69, 9.17) is 16.7 Å². The third kappa shape index (κ3) is 2.46. The van der Waals surface area contributed by atoms with Gasteiger partial charge in [-0.3, -0.25) is 4.79 Å². The minimum atomic E-state index is -1.31. The second kappa shape index (κ2) is 4.84. The first-order chi connectivity index (χ1) is 8.58. The quantitative estimate of drug-likeness (QED) is 0.876. The summed E-state index contributed by atoms with van der Waals surface area (Å²) in [5.74, 6) is -2.24. The van der Waals surface area contributed by atoms with Crippen molar-refractivity contribution in [2.75, 3.05) is 5.32 Å². The zero-order valence-corrected chi connectivity index (χ0v) is 9.51. The highest BCUT2D eigenvalue weighted by molar-refractivity contribution is 6.33. The predicted octanol–water partition coefficient (Wildman–Crippen LogP) is 1.67. The van der Waals surface area contributed by atoms with Gasteiger partial charge in [0.15, 0.2) is 11.5 Å². The molecule has 0 spiro atoms. The van der Waals surface area contributed by atoms with Crippen molar-refractivity contribution in [3.8, 4) is 0 Å². The van der Waals surface area contributed by atoms with Gasteiger partial charge in [0, 0.05) is 12.3 Å². The van der Waals surface area contributed by atoms with Crippen molar-refractivity contribution in [2.45, 2.75) is 0 Å². The number of carboxylic acid groups (broad SMARTS) is 1. The Morgan fingerprint density at radius 1 is 1.44 bits per heavy atom. The van der Waals surface area contributed by atoms with Gasteiger partial charge in [-0.1, -0.05) is 16.8 Å². The van der Waals surface area contributed by atoms with Crippen LogP contribution in [-0.4, -0.2) is 27.1 Å². The van der Waals surface area contributed by atoms with Gasteiger partial charge in [-0.15, -0.1) is 0 Å². The van der Waals surface area contributed by atoms with Crippen LogP contribution in [0.25, 0.3) is 0 Å². The van der Waals surface area contributed by atoms with E-state index in [0.29, 0.717) is 0 Å². The van der Waals surface area contributed by atoms with Crippen LogP contribution < -0.4 is 5.32 Å². The lowest BCUT2D eigenvalue weighted by molar-refractivity contribution is 0.0651. The van der Waals surface area contributed by atoms with E-state index in [9.17, 15) is 9.59 Å². The number of aromatic carboxylic acids is 1. The Balaban J connectivity index is 2.17. The number of aromatic nitrogens is 2. The average Bonchev–Trinajstić information content (AvgIpc) is 2.81. The molecule has 92 valence electrons. The molecule has 18 heavy (non-hydrogen) atoms. The first kappa shape index (κ1) is 12.1. The molecule has 0 bridgehead atoms. The summed E-state index contributed by atoms with van der Waals surface area (Å²) < 4.78 is 4.45. The number of carbonyl (C=O) groups excluding carboxylic acids is 1. The predicted molar refractivity (Wildman–Crippen MR) is 60.7 cm³/mol. The van der Waals surface area contributed by atoms with Gasteiger partial charge in [-0.25, -0.2) is 9.78 Å². The van der Waals surface area contributed by atoms with Crippen LogP contribution in [-0.2, 0) is 0 Å². The Kier molecular flexibility index (Phi) is 3.24. The van der Waals surface area contributed by atoms with Crippen LogP contribution in [0.5, 0.6) is 0 Å². The second-order valence-electron chi connectivity index (χ2n) is 3.17. The topological polar surface area (TPSA) is 105 Å². The number of rotatable bonds is 3. The molecule has 2 heterocycles. The summed E-state index contributed by atoms with van der Waals surface area (Å²) in [6.45, 7) is 0. The lowest BCUT2D eigenvalue weighted by Crippen LogP contribution is -2.13. The summed E-state index contributed by atoms with van der Waals surface area (Å²) >= 11 is 5.80. The molecule has 7 nitrogen and oxygen atoms in total. The molecule has 2 aromatic heterocycles. The Hall–Kier alpha value is -2.41. The molecule has 0 aliphatic carbocycles. The maximum absolute atomic E-state index is 11.7.